The third-order valence-electron chi connectivity index (χ3n) is 3.35. The van der Waals surface area contributed by atoms with Crippen LogP contribution in [0.2, 0.25) is 0 Å². The van der Waals surface area contributed by atoms with Crippen molar-refractivity contribution in [2.75, 3.05) is 26.2 Å². The maximum Gasteiger partial charge on any atom is 0.232 e. The van der Waals surface area contributed by atoms with E-state index in [0.717, 1.165) is 26.2 Å². The largest absolute Gasteiger partial charge is 0.342 e. The lowest BCUT2D eigenvalue weighted by Crippen LogP contribution is -2.42. The molecule has 23 heavy (non-hydrogen) atoms. The van der Waals surface area contributed by atoms with E-state index in [1.54, 1.807) is 0 Å². The normalized spacial score (nSPS) is 11.7. The summed E-state index contributed by atoms with van der Waals surface area (Å²) in [4.78, 5) is 28.9. The summed E-state index contributed by atoms with van der Waals surface area (Å²) >= 11 is 0. The summed E-state index contributed by atoms with van der Waals surface area (Å²) in [5, 5.41) is 0. The van der Waals surface area contributed by atoms with E-state index < -0.39 is 0 Å². The third-order valence-corrected chi connectivity index (χ3v) is 3.35. The molecule has 0 radical (unpaired) electrons. The Morgan fingerprint density at radius 3 is 0.957 bits per heavy atom. The summed E-state index contributed by atoms with van der Waals surface area (Å²) in [6, 6.07) is 0. The van der Waals surface area contributed by atoms with Crippen molar-refractivity contribution in [1.29, 1.82) is 0 Å². The molecule has 0 unspecified atom stereocenters. The Bertz CT molecular complexity index is 308. The first-order chi connectivity index (χ1) is 10.5. The average molecular weight is 327 g/mol. The predicted molar refractivity (Wildman–Crippen MR) is 97.1 cm³/mol. The van der Waals surface area contributed by atoms with Gasteiger partial charge < -0.3 is 9.80 Å². The Labute approximate surface area is 143 Å². The van der Waals surface area contributed by atoms with Crippen molar-refractivity contribution >= 4 is 11.8 Å². The minimum Gasteiger partial charge on any atom is -0.342 e. The Morgan fingerprint density at radius 2 is 0.783 bits per heavy atom. The molecule has 0 aromatic rings. The Morgan fingerprint density at radius 1 is 0.565 bits per heavy atom. The van der Waals surface area contributed by atoms with Crippen LogP contribution in [0, 0.1) is 23.7 Å². The van der Waals surface area contributed by atoms with Crippen LogP contribution < -0.4 is 0 Å². The van der Waals surface area contributed by atoms with E-state index in [4.69, 9.17) is 0 Å². The lowest BCUT2D eigenvalue weighted by atomic mass is 10.1. The highest BCUT2D eigenvalue weighted by molar-refractivity contribution is 5.96. The fourth-order valence-electron chi connectivity index (χ4n) is 2.67. The second kappa shape index (κ2) is 10.7. The molecule has 2 amide bonds. The van der Waals surface area contributed by atoms with E-state index in [9.17, 15) is 9.59 Å². The maximum absolute atomic E-state index is 12.6. The van der Waals surface area contributed by atoms with Crippen LogP contribution in [0.25, 0.3) is 0 Å². The molecule has 0 heterocycles. The van der Waals surface area contributed by atoms with Crippen molar-refractivity contribution in [1.82, 2.24) is 9.80 Å². The molecule has 4 heteroatoms. The lowest BCUT2D eigenvalue weighted by Gasteiger charge is -2.29. The minimum absolute atomic E-state index is 0.00111. The minimum atomic E-state index is -0.0325. The molecule has 0 aliphatic heterocycles. The van der Waals surface area contributed by atoms with Crippen molar-refractivity contribution in [3.05, 3.63) is 0 Å². The van der Waals surface area contributed by atoms with E-state index in [0.29, 0.717) is 23.7 Å². The molecule has 0 bridgehead atoms. The van der Waals surface area contributed by atoms with Gasteiger partial charge in [-0.3, -0.25) is 9.59 Å². The van der Waals surface area contributed by atoms with Gasteiger partial charge in [0.05, 0.1) is 0 Å². The van der Waals surface area contributed by atoms with E-state index in [1.807, 2.05) is 9.80 Å². The van der Waals surface area contributed by atoms with Gasteiger partial charge in [0.15, 0.2) is 0 Å². The molecule has 0 spiro atoms. The molecule has 4 nitrogen and oxygen atoms in total. The number of hydrogen-bond donors (Lipinski definition) is 0. The van der Waals surface area contributed by atoms with Crippen LogP contribution in [0.5, 0.6) is 0 Å². The van der Waals surface area contributed by atoms with E-state index >= 15 is 0 Å². The molecule has 0 aliphatic carbocycles. The van der Waals surface area contributed by atoms with Gasteiger partial charge >= 0.3 is 0 Å². The molecule has 0 N–H and O–H groups in total. The molecule has 0 aliphatic rings. The van der Waals surface area contributed by atoms with Gasteiger partial charge in [-0.2, -0.15) is 0 Å². The van der Waals surface area contributed by atoms with Crippen LogP contribution in [0.15, 0.2) is 0 Å². The quantitative estimate of drug-likeness (QED) is 0.575. The fourth-order valence-corrected chi connectivity index (χ4v) is 2.67. The number of carbonyl (C=O) groups excluding carboxylic acids is 2. The Hall–Kier alpha value is -1.06. The number of nitrogens with zero attached hydrogens (tertiary/aromatic N) is 2. The molecule has 0 aromatic heterocycles. The molecule has 0 rings (SSSR count). The molecule has 0 saturated carbocycles. The van der Waals surface area contributed by atoms with Crippen molar-refractivity contribution in [3.8, 4) is 0 Å². The van der Waals surface area contributed by atoms with Gasteiger partial charge in [-0.1, -0.05) is 55.4 Å². The van der Waals surface area contributed by atoms with Crippen LogP contribution in [-0.4, -0.2) is 47.8 Å². The molecule has 0 atom stereocenters. The smallest absolute Gasteiger partial charge is 0.232 e. The van der Waals surface area contributed by atoms with Crippen LogP contribution >= 0.6 is 0 Å². The molecule has 0 aromatic carbocycles. The van der Waals surface area contributed by atoms with Gasteiger partial charge in [0.2, 0.25) is 11.8 Å². The van der Waals surface area contributed by atoms with Crippen LogP contribution in [0.3, 0.4) is 0 Å². The summed E-state index contributed by atoms with van der Waals surface area (Å²) in [6.45, 7) is 19.7. The summed E-state index contributed by atoms with van der Waals surface area (Å²) < 4.78 is 0. The summed E-state index contributed by atoms with van der Waals surface area (Å²) in [6.07, 6.45) is -0.00111. The molecule has 136 valence electrons. The van der Waals surface area contributed by atoms with Crippen molar-refractivity contribution < 1.29 is 9.59 Å². The number of amides is 2. The van der Waals surface area contributed by atoms with Crippen LogP contribution in [0.1, 0.15) is 61.8 Å². The van der Waals surface area contributed by atoms with Crippen LogP contribution in [0.4, 0.5) is 0 Å². The summed E-state index contributed by atoms with van der Waals surface area (Å²) in [5.41, 5.74) is 0. The highest BCUT2D eigenvalue weighted by Gasteiger charge is 2.23. The highest BCUT2D eigenvalue weighted by atomic mass is 16.2. The molecular formula is C19H38N2O2. The maximum atomic E-state index is 12.6. The van der Waals surface area contributed by atoms with Gasteiger partial charge in [-0.15, -0.1) is 0 Å². The second-order valence-electron chi connectivity index (χ2n) is 8.35. The third kappa shape index (κ3) is 10.4. The lowest BCUT2D eigenvalue weighted by molar-refractivity contribution is -0.141. The van der Waals surface area contributed by atoms with Crippen molar-refractivity contribution in [2.24, 2.45) is 23.7 Å². The first-order valence-corrected chi connectivity index (χ1v) is 9.08. The molecule has 0 saturated heterocycles. The topological polar surface area (TPSA) is 40.6 Å². The second-order valence-corrected chi connectivity index (χ2v) is 8.35. The predicted octanol–water partition coefficient (Wildman–Crippen LogP) is 3.66. The van der Waals surface area contributed by atoms with E-state index in [-0.39, 0.29) is 18.2 Å². The van der Waals surface area contributed by atoms with Gasteiger partial charge in [-0.25, -0.2) is 0 Å². The zero-order chi connectivity index (χ0) is 18.2. The van der Waals surface area contributed by atoms with Gasteiger partial charge in [0.1, 0.15) is 6.42 Å². The van der Waals surface area contributed by atoms with E-state index in [1.165, 1.54) is 0 Å². The molecule has 0 fully saturated rings. The van der Waals surface area contributed by atoms with Crippen LogP contribution in [-0.2, 0) is 9.59 Å². The zero-order valence-corrected chi connectivity index (χ0v) is 16.6. The van der Waals surface area contributed by atoms with Gasteiger partial charge in [0, 0.05) is 26.2 Å². The first kappa shape index (κ1) is 21.9. The highest BCUT2D eigenvalue weighted by Crippen LogP contribution is 2.10. The molecular weight excluding hydrogens is 288 g/mol. The SMILES string of the molecule is CC(C)CN(CC(C)C)C(=O)CC(=O)N(CC(C)C)CC(C)C. The zero-order valence-electron chi connectivity index (χ0n) is 16.6. The first-order valence-electron chi connectivity index (χ1n) is 9.08. The summed E-state index contributed by atoms with van der Waals surface area (Å²) in [7, 11) is 0. The van der Waals surface area contributed by atoms with Gasteiger partial charge in [-0.05, 0) is 23.7 Å². The van der Waals surface area contributed by atoms with Gasteiger partial charge in [0.25, 0.3) is 0 Å². The number of rotatable bonds is 10. The summed E-state index contributed by atoms with van der Waals surface area (Å²) in [5.74, 6) is 1.58. The Kier molecular flexibility index (Phi) is 10.2. The average Bonchev–Trinajstić information content (AvgIpc) is 2.34. The monoisotopic (exact) mass is 326 g/mol. The standard InChI is InChI=1S/C19H38N2O2/c1-14(2)10-20(11-15(3)4)18(22)9-19(23)21(12-16(5)6)13-17(7)8/h14-17H,9-13H2,1-8H3. The number of carbonyl (C=O) groups is 2. The number of hydrogen-bond acceptors (Lipinski definition) is 2. The van der Waals surface area contributed by atoms with E-state index in [2.05, 4.69) is 55.4 Å². The fraction of sp³-hybridized carbons (Fsp3) is 0.895. The van der Waals surface area contributed by atoms with Crippen molar-refractivity contribution in [3.63, 3.8) is 0 Å². The Balaban J connectivity index is 4.86. The van der Waals surface area contributed by atoms with Crippen molar-refractivity contribution in [2.45, 2.75) is 61.8 Å².